The van der Waals surface area contributed by atoms with Crippen molar-refractivity contribution in [1.29, 1.82) is 0 Å². The van der Waals surface area contributed by atoms with E-state index in [1.807, 2.05) is 6.92 Å². The predicted octanol–water partition coefficient (Wildman–Crippen LogP) is 1.18. The Morgan fingerprint density at radius 1 is 1.62 bits per heavy atom. The normalized spacial score (nSPS) is 18.6. The number of rotatable bonds is 5. The molecule has 2 N–H and O–H groups in total. The van der Waals surface area contributed by atoms with Crippen LogP contribution in [0.1, 0.15) is 25.6 Å². The second-order valence-electron chi connectivity index (χ2n) is 4.07. The summed E-state index contributed by atoms with van der Waals surface area (Å²) in [5, 5.41) is 0.796. The third kappa shape index (κ3) is 2.31. The van der Waals surface area contributed by atoms with E-state index in [2.05, 4.69) is 30.6 Å². The molecule has 1 aromatic heterocycles. The molecule has 0 unspecified atom stereocenters. The van der Waals surface area contributed by atoms with Gasteiger partial charge in [-0.25, -0.2) is 18.1 Å². The van der Waals surface area contributed by atoms with Crippen LogP contribution in [0.15, 0.2) is 11.2 Å². The van der Waals surface area contributed by atoms with Crippen molar-refractivity contribution in [2.24, 2.45) is 0 Å². The zero-order chi connectivity index (χ0) is 11.8. The van der Waals surface area contributed by atoms with Crippen molar-refractivity contribution < 1.29 is 8.42 Å². The van der Waals surface area contributed by atoms with Gasteiger partial charge in [-0.3, -0.25) is 0 Å². The number of nitrogens with one attached hydrogen (secondary N) is 2. The Balaban J connectivity index is 2.19. The number of imidazole rings is 1. The van der Waals surface area contributed by atoms with Crippen LogP contribution in [0.4, 0.5) is 0 Å². The minimum atomic E-state index is -3.45. The number of sulfonamides is 1. The molecular weight excluding hydrogens is 294 g/mol. The molecule has 1 heterocycles. The van der Waals surface area contributed by atoms with E-state index in [4.69, 9.17) is 0 Å². The van der Waals surface area contributed by atoms with Crippen LogP contribution >= 0.6 is 15.9 Å². The quantitative estimate of drug-likeness (QED) is 0.802. The van der Waals surface area contributed by atoms with E-state index in [9.17, 15) is 8.42 Å². The van der Waals surface area contributed by atoms with E-state index < -0.39 is 10.0 Å². The summed E-state index contributed by atoms with van der Waals surface area (Å²) in [6.07, 6.45) is 3.82. The number of nitrogens with zero attached hydrogens (tertiary/aromatic N) is 1. The van der Waals surface area contributed by atoms with Crippen molar-refractivity contribution >= 4 is 26.0 Å². The van der Waals surface area contributed by atoms with Crippen molar-refractivity contribution in [2.75, 3.05) is 5.33 Å². The van der Waals surface area contributed by atoms with Crippen LogP contribution in [0.25, 0.3) is 0 Å². The molecule has 0 atom stereocenters. The molecule has 1 aliphatic rings. The minimum Gasteiger partial charge on any atom is -0.332 e. The summed E-state index contributed by atoms with van der Waals surface area (Å²) in [6, 6.07) is 0. The van der Waals surface area contributed by atoms with Crippen molar-refractivity contribution in [2.45, 2.75) is 36.8 Å². The number of aromatic nitrogens is 2. The lowest BCUT2D eigenvalue weighted by atomic mass is 10.4. The molecule has 1 saturated carbocycles. The Morgan fingerprint density at radius 3 is 2.75 bits per heavy atom. The fourth-order valence-corrected chi connectivity index (χ4v) is 3.70. The highest BCUT2D eigenvalue weighted by Crippen LogP contribution is 2.38. The Bertz CT molecular complexity index is 479. The third-order valence-corrected chi connectivity index (χ3v) is 5.25. The molecule has 90 valence electrons. The van der Waals surface area contributed by atoms with E-state index in [1.54, 1.807) is 0 Å². The van der Waals surface area contributed by atoms with Gasteiger partial charge in [0.15, 0.2) is 5.03 Å². The lowest BCUT2D eigenvalue weighted by molar-refractivity contribution is 0.557. The SMILES string of the molecule is CCc1ncc(S(=O)(=O)NC2(CBr)CC2)[nH]1. The second-order valence-corrected chi connectivity index (χ2v) is 6.28. The third-order valence-electron chi connectivity index (χ3n) is 2.69. The van der Waals surface area contributed by atoms with Gasteiger partial charge < -0.3 is 4.98 Å². The summed E-state index contributed by atoms with van der Waals surface area (Å²) in [5.74, 6) is 0.684. The number of aryl methyl sites for hydroxylation is 1. The molecule has 7 heteroatoms. The summed E-state index contributed by atoms with van der Waals surface area (Å²) >= 11 is 3.32. The maximum Gasteiger partial charge on any atom is 0.258 e. The van der Waals surface area contributed by atoms with Gasteiger partial charge in [-0.15, -0.1) is 0 Å². The van der Waals surface area contributed by atoms with E-state index in [0.717, 1.165) is 12.8 Å². The molecule has 0 radical (unpaired) electrons. The molecule has 1 aromatic rings. The molecule has 2 rings (SSSR count). The first-order valence-electron chi connectivity index (χ1n) is 5.15. The molecule has 0 saturated heterocycles. The zero-order valence-corrected chi connectivity index (χ0v) is 11.4. The van der Waals surface area contributed by atoms with E-state index >= 15 is 0 Å². The fourth-order valence-electron chi connectivity index (χ4n) is 1.41. The first kappa shape index (κ1) is 12.1. The topological polar surface area (TPSA) is 74.8 Å². The van der Waals surface area contributed by atoms with Gasteiger partial charge in [-0.05, 0) is 12.8 Å². The van der Waals surface area contributed by atoms with E-state index in [-0.39, 0.29) is 10.6 Å². The summed E-state index contributed by atoms with van der Waals surface area (Å²) in [7, 11) is -3.45. The lowest BCUT2D eigenvalue weighted by Gasteiger charge is -2.12. The van der Waals surface area contributed by atoms with Gasteiger partial charge in [0.25, 0.3) is 10.0 Å². The number of H-pyrrole nitrogens is 1. The molecule has 0 amide bonds. The Morgan fingerprint density at radius 2 is 2.31 bits per heavy atom. The molecule has 0 bridgehead atoms. The monoisotopic (exact) mass is 307 g/mol. The summed E-state index contributed by atoms with van der Waals surface area (Å²) in [6.45, 7) is 1.92. The average molecular weight is 308 g/mol. The van der Waals surface area contributed by atoms with E-state index in [1.165, 1.54) is 6.20 Å². The number of halogens is 1. The Kier molecular flexibility index (Phi) is 3.11. The fraction of sp³-hybridized carbons (Fsp3) is 0.667. The Labute approximate surface area is 103 Å². The molecule has 0 spiro atoms. The smallest absolute Gasteiger partial charge is 0.258 e. The van der Waals surface area contributed by atoms with Crippen molar-refractivity contribution in [3.05, 3.63) is 12.0 Å². The van der Waals surface area contributed by atoms with Gasteiger partial charge in [0, 0.05) is 17.3 Å². The maximum atomic E-state index is 12.0. The van der Waals surface area contributed by atoms with Gasteiger partial charge in [-0.2, -0.15) is 0 Å². The average Bonchev–Trinajstić information content (AvgIpc) is 2.82. The van der Waals surface area contributed by atoms with Crippen molar-refractivity contribution in [3.8, 4) is 0 Å². The predicted molar refractivity (Wildman–Crippen MR) is 64.0 cm³/mol. The molecule has 1 fully saturated rings. The van der Waals surface area contributed by atoms with Crippen LogP contribution in [0.3, 0.4) is 0 Å². The summed E-state index contributed by atoms with van der Waals surface area (Å²) in [5.41, 5.74) is -0.281. The molecular formula is C9H14BrN3O2S. The molecule has 0 aromatic carbocycles. The Hall–Kier alpha value is -0.400. The number of hydrogen-bond donors (Lipinski definition) is 2. The van der Waals surface area contributed by atoms with E-state index in [0.29, 0.717) is 17.6 Å². The second kappa shape index (κ2) is 4.12. The maximum absolute atomic E-state index is 12.0. The number of aromatic amines is 1. The standard InChI is InChI=1S/C9H14BrN3O2S/c1-2-7-11-5-8(12-7)16(14,15)13-9(6-10)3-4-9/h5,13H,2-4,6H2,1H3,(H,11,12). The lowest BCUT2D eigenvalue weighted by Crippen LogP contribution is -2.38. The molecule has 0 aliphatic heterocycles. The van der Waals surface area contributed by atoms with Gasteiger partial charge in [-0.1, -0.05) is 22.9 Å². The summed E-state index contributed by atoms with van der Waals surface area (Å²) in [4.78, 5) is 6.79. The molecule has 1 aliphatic carbocycles. The highest BCUT2D eigenvalue weighted by atomic mass is 79.9. The van der Waals surface area contributed by atoms with Crippen LogP contribution in [0.2, 0.25) is 0 Å². The molecule has 5 nitrogen and oxygen atoms in total. The number of hydrogen-bond acceptors (Lipinski definition) is 3. The van der Waals surface area contributed by atoms with Crippen LogP contribution in [0, 0.1) is 0 Å². The summed E-state index contributed by atoms with van der Waals surface area (Å²) < 4.78 is 26.6. The highest BCUT2D eigenvalue weighted by molar-refractivity contribution is 9.09. The van der Waals surface area contributed by atoms with Crippen LogP contribution < -0.4 is 4.72 Å². The van der Waals surface area contributed by atoms with Crippen LogP contribution in [0.5, 0.6) is 0 Å². The largest absolute Gasteiger partial charge is 0.332 e. The molecule has 16 heavy (non-hydrogen) atoms. The van der Waals surface area contributed by atoms with Gasteiger partial charge in [0.05, 0.1) is 6.20 Å². The van der Waals surface area contributed by atoms with Crippen LogP contribution in [-0.4, -0.2) is 29.3 Å². The minimum absolute atomic E-state index is 0.150. The van der Waals surface area contributed by atoms with Crippen LogP contribution in [-0.2, 0) is 16.4 Å². The zero-order valence-electron chi connectivity index (χ0n) is 8.96. The van der Waals surface area contributed by atoms with Gasteiger partial charge in [0.1, 0.15) is 5.82 Å². The van der Waals surface area contributed by atoms with Crippen molar-refractivity contribution in [1.82, 2.24) is 14.7 Å². The van der Waals surface area contributed by atoms with Gasteiger partial charge in [0.2, 0.25) is 0 Å². The van der Waals surface area contributed by atoms with Gasteiger partial charge >= 0.3 is 0 Å². The van der Waals surface area contributed by atoms with Crippen molar-refractivity contribution in [3.63, 3.8) is 0 Å². The first-order valence-corrected chi connectivity index (χ1v) is 7.76. The highest BCUT2D eigenvalue weighted by Gasteiger charge is 2.45. The number of alkyl halides is 1. The first-order chi connectivity index (χ1) is 7.51.